The molecule has 4 heteroatoms. The topological polar surface area (TPSA) is 65.2 Å². The SMILES string of the molecule is CCCCCCCCCCCCc1ccc(O)c(C=N[C@H]2CCCC[C@H]2N=Cc2cc(CCCCCCCCCCCC)ccc2O)c1. The third-order valence-corrected chi connectivity index (χ3v) is 10.3. The van der Waals surface area contributed by atoms with Gasteiger partial charge in [-0.05, 0) is 73.9 Å². The number of hydrogen-bond donors (Lipinski definition) is 2. The van der Waals surface area contributed by atoms with Gasteiger partial charge in [-0.2, -0.15) is 0 Å². The van der Waals surface area contributed by atoms with Crippen molar-refractivity contribution in [2.75, 3.05) is 0 Å². The van der Waals surface area contributed by atoms with Gasteiger partial charge in [0.05, 0.1) is 12.1 Å². The highest BCUT2D eigenvalue weighted by molar-refractivity contribution is 5.84. The van der Waals surface area contributed by atoms with Gasteiger partial charge in [-0.1, -0.05) is 154 Å². The summed E-state index contributed by atoms with van der Waals surface area (Å²) < 4.78 is 0. The van der Waals surface area contributed by atoms with Crippen LogP contribution in [0, 0.1) is 0 Å². The van der Waals surface area contributed by atoms with Crippen molar-refractivity contribution >= 4 is 12.4 Å². The first-order valence-electron chi connectivity index (χ1n) is 20.3. The average Bonchev–Trinajstić information content (AvgIpc) is 3.10. The molecular formula is C44H70N2O2. The van der Waals surface area contributed by atoms with Crippen LogP contribution < -0.4 is 0 Å². The lowest BCUT2D eigenvalue weighted by molar-refractivity contribution is 0.390. The van der Waals surface area contributed by atoms with Crippen LogP contribution in [0.4, 0.5) is 0 Å². The van der Waals surface area contributed by atoms with E-state index < -0.39 is 0 Å². The number of phenols is 2. The van der Waals surface area contributed by atoms with Crippen LogP contribution in [0.1, 0.15) is 190 Å². The highest BCUT2D eigenvalue weighted by Gasteiger charge is 2.23. The number of unbranched alkanes of at least 4 members (excludes halogenated alkanes) is 18. The molecule has 0 heterocycles. The maximum atomic E-state index is 10.6. The van der Waals surface area contributed by atoms with Gasteiger partial charge < -0.3 is 10.2 Å². The minimum Gasteiger partial charge on any atom is -0.507 e. The zero-order valence-corrected chi connectivity index (χ0v) is 30.9. The second-order valence-electron chi connectivity index (χ2n) is 14.6. The predicted octanol–water partition coefficient (Wildman–Crippen LogP) is 12.9. The Bertz CT molecular complexity index is 1080. The molecule has 2 aromatic rings. The molecule has 0 spiro atoms. The summed E-state index contributed by atoms with van der Waals surface area (Å²) in [7, 11) is 0. The van der Waals surface area contributed by atoms with Crippen molar-refractivity contribution < 1.29 is 10.2 Å². The molecule has 4 nitrogen and oxygen atoms in total. The fourth-order valence-electron chi connectivity index (χ4n) is 7.15. The fourth-order valence-corrected chi connectivity index (χ4v) is 7.15. The van der Waals surface area contributed by atoms with Gasteiger partial charge in [-0.25, -0.2) is 0 Å². The van der Waals surface area contributed by atoms with Crippen molar-refractivity contribution in [3.05, 3.63) is 58.7 Å². The molecule has 1 aliphatic carbocycles. The minimum absolute atomic E-state index is 0.0944. The lowest BCUT2D eigenvalue weighted by Crippen LogP contribution is -2.27. The number of benzene rings is 2. The van der Waals surface area contributed by atoms with Crippen molar-refractivity contribution in [3.8, 4) is 11.5 Å². The van der Waals surface area contributed by atoms with Crippen molar-refractivity contribution in [1.29, 1.82) is 0 Å². The Morgan fingerprint density at radius 2 is 0.833 bits per heavy atom. The molecule has 0 unspecified atom stereocenters. The molecule has 1 saturated carbocycles. The lowest BCUT2D eigenvalue weighted by atomic mass is 9.91. The van der Waals surface area contributed by atoms with E-state index in [0.717, 1.165) is 49.7 Å². The number of aliphatic imine (C=N–C) groups is 2. The summed E-state index contributed by atoms with van der Waals surface area (Å²) in [4.78, 5) is 9.95. The molecule has 0 radical (unpaired) electrons. The molecule has 3 rings (SSSR count). The molecule has 2 aromatic carbocycles. The quantitative estimate of drug-likeness (QED) is 0.0780. The van der Waals surface area contributed by atoms with Crippen molar-refractivity contribution in [2.45, 2.75) is 193 Å². The van der Waals surface area contributed by atoms with Gasteiger partial charge in [-0.3, -0.25) is 9.98 Å². The third-order valence-electron chi connectivity index (χ3n) is 10.3. The van der Waals surface area contributed by atoms with E-state index in [2.05, 4.69) is 38.1 Å². The average molecular weight is 659 g/mol. The van der Waals surface area contributed by atoms with Gasteiger partial charge in [0.2, 0.25) is 0 Å². The standard InChI is InChI=1S/C44H70N2O2/c1-3-5-7-9-11-13-15-17-19-21-25-37-29-31-43(47)39(33-37)35-45-41-27-23-24-28-42(41)46-36-40-34-38(30-32-44(40)48)26-22-20-18-16-14-12-10-8-6-4-2/h29-36,41-42,47-48H,3-28H2,1-2H3/t41-,42+. The summed E-state index contributed by atoms with van der Waals surface area (Å²) in [5.74, 6) is 0.594. The maximum absolute atomic E-state index is 10.6. The number of aryl methyl sites for hydroxylation is 2. The summed E-state index contributed by atoms with van der Waals surface area (Å²) in [6, 6.07) is 12.2. The second-order valence-corrected chi connectivity index (χ2v) is 14.6. The zero-order chi connectivity index (χ0) is 34.1. The summed E-state index contributed by atoms with van der Waals surface area (Å²) >= 11 is 0. The molecule has 48 heavy (non-hydrogen) atoms. The monoisotopic (exact) mass is 659 g/mol. The molecular weight excluding hydrogens is 588 g/mol. The van der Waals surface area contributed by atoms with E-state index in [9.17, 15) is 10.2 Å². The Labute approximate surface area is 295 Å². The van der Waals surface area contributed by atoms with Crippen LogP contribution in [0.25, 0.3) is 0 Å². The maximum Gasteiger partial charge on any atom is 0.124 e. The van der Waals surface area contributed by atoms with E-state index in [1.807, 2.05) is 24.6 Å². The number of aromatic hydroxyl groups is 2. The normalized spacial score (nSPS) is 16.8. The largest absolute Gasteiger partial charge is 0.507 e. The second kappa shape index (κ2) is 25.4. The molecule has 0 aliphatic heterocycles. The van der Waals surface area contributed by atoms with Crippen molar-refractivity contribution in [3.63, 3.8) is 0 Å². The first-order chi connectivity index (χ1) is 23.6. The van der Waals surface area contributed by atoms with Gasteiger partial charge in [0.15, 0.2) is 0 Å². The zero-order valence-electron chi connectivity index (χ0n) is 30.9. The van der Waals surface area contributed by atoms with Crippen LogP contribution in [-0.4, -0.2) is 34.7 Å². The first kappa shape index (κ1) is 39.8. The minimum atomic E-state index is 0.0944. The van der Waals surface area contributed by atoms with Crippen LogP contribution in [0.2, 0.25) is 0 Å². The van der Waals surface area contributed by atoms with Gasteiger partial charge in [0.25, 0.3) is 0 Å². The molecule has 1 fully saturated rings. The Morgan fingerprint density at radius 1 is 0.500 bits per heavy atom. The Kier molecular flexibility index (Phi) is 21.0. The van der Waals surface area contributed by atoms with E-state index in [0.29, 0.717) is 11.5 Å². The van der Waals surface area contributed by atoms with Crippen molar-refractivity contribution in [2.24, 2.45) is 9.98 Å². The van der Waals surface area contributed by atoms with E-state index in [-0.39, 0.29) is 12.1 Å². The summed E-state index contributed by atoms with van der Waals surface area (Å²) in [6.45, 7) is 4.56. The summed E-state index contributed by atoms with van der Waals surface area (Å²) in [5, 5.41) is 21.2. The van der Waals surface area contributed by atoms with Gasteiger partial charge >= 0.3 is 0 Å². The van der Waals surface area contributed by atoms with Crippen LogP contribution in [0.3, 0.4) is 0 Å². The lowest BCUT2D eigenvalue weighted by Gasteiger charge is -2.25. The summed E-state index contributed by atoms with van der Waals surface area (Å²) in [6.07, 6.45) is 37.0. The molecule has 0 amide bonds. The fraction of sp³-hybridized carbons (Fsp3) is 0.682. The Balaban J connectivity index is 1.44. The number of rotatable bonds is 26. The molecule has 1 aliphatic rings. The van der Waals surface area contributed by atoms with E-state index in [4.69, 9.17) is 9.98 Å². The van der Waals surface area contributed by atoms with Crippen molar-refractivity contribution in [1.82, 2.24) is 0 Å². The molecule has 0 aromatic heterocycles. The van der Waals surface area contributed by atoms with E-state index in [1.54, 1.807) is 0 Å². The third kappa shape index (κ3) is 16.7. The Morgan fingerprint density at radius 3 is 1.19 bits per heavy atom. The van der Waals surface area contributed by atoms with Crippen LogP contribution in [0.15, 0.2) is 46.4 Å². The summed E-state index contributed by atoms with van der Waals surface area (Å²) in [5.41, 5.74) is 4.18. The number of nitrogens with zero attached hydrogens (tertiary/aromatic N) is 2. The van der Waals surface area contributed by atoms with Gasteiger partial charge in [0, 0.05) is 23.6 Å². The number of phenolic OH excluding ortho intramolecular Hbond substituents is 2. The van der Waals surface area contributed by atoms with E-state index in [1.165, 1.54) is 140 Å². The molecule has 2 atom stereocenters. The van der Waals surface area contributed by atoms with Gasteiger partial charge in [-0.15, -0.1) is 0 Å². The molecule has 0 saturated heterocycles. The highest BCUT2D eigenvalue weighted by atomic mass is 16.3. The van der Waals surface area contributed by atoms with E-state index >= 15 is 0 Å². The van der Waals surface area contributed by atoms with Gasteiger partial charge in [0.1, 0.15) is 11.5 Å². The molecule has 2 N–H and O–H groups in total. The first-order valence-corrected chi connectivity index (χ1v) is 20.3. The van der Waals surface area contributed by atoms with Crippen LogP contribution in [-0.2, 0) is 12.8 Å². The Hall–Kier alpha value is -2.62. The predicted molar refractivity (Wildman–Crippen MR) is 209 cm³/mol. The highest BCUT2D eigenvalue weighted by Crippen LogP contribution is 2.26. The molecule has 0 bridgehead atoms. The number of hydrogen-bond acceptors (Lipinski definition) is 4. The smallest absolute Gasteiger partial charge is 0.124 e. The van der Waals surface area contributed by atoms with Crippen LogP contribution in [0.5, 0.6) is 11.5 Å². The molecule has 268 valence electrons. The van der Waals surface area contributed by atoms with Crippen LogP contribution >= 0.6 is 0 Å².